The average molecular weight is 322 g/mol. The van der Waals surface area contributed by atoms with Gasteiger partial charge in [0, 0.05) is 24.3 Å². The van der Waals surface area contributed by atoms with E-state index in [1.54, 1.807) is 0 Å². The summed E-state index contributed by atoms with van der Waals surface area (Å²) >= 11 is 0. The lowest BCUT2D eigenvalue weighted by atomic mass is 10.1. The Kier molecular flexibility index (Phi) is 12.1. The van der Waals surface area contributed by atoms with Crippen LogP contribution >= 0.6 is 0 Å². The van der Waals surface area contributed by atoms with Crippen LogP contribution in [0.15, 0.2) is 24.3 Å². The number of imide groups is 2. The van der Waals surface area contributed by atoms with Crippen LogP contribution in [0.1, 0.15) is 58.8 Å². The van der Waals surface area contributed by atoms with Crippen LogP contribution in [0.3, 0.4) is 0 Å². The Bertz CT molecular complexity index is 393. The normalized spacial score (nSPS) is 14.7. The lowest BCUT2D eigenvalue weighted by molar-refractivity contribution is -0.125. The van der Waals surface area contributed by atoms with Gasteiger partial charge in [0.25, 0.3) is 23.6 Å². The molecule has 2 heterocycles. The molecule has 6 heteroatoms. The van der Waals surface area contributed by atoms with Gasteiger partial charge in [0.2, 0.25) is 0 Å². The van der Waals surface area contributed by atoms with Crippen LogP contribution in [0, 0.1) is 0 Å². The zero-order valence-electron chi connectivity index (χ0n) is 13.9. The van der Waals surface area contributed by atoms with Crippen molar-refractivity contribution in [3.63, 3.8) is 0 Å². The maximum absolute atomic E-state index is 10.0. The highest BCUT2D eigenvalue weighted by Gasteiger charge is 2.07. The molecule has 0 aromatic carbocycles. The molecule has 2 N–H and O–H groups in total. The maximum atomic E-state index is 10.0. The zero-order chi connectivity index (χ0) is 17.5. The second kappa shape index (κ2) is 13.4. The molecular formula is C17H26N2O4. The minimum absolute atomic E-state index is 0.329. The molecule has 0 atom stereocenters. The van der Waals surface area contributed by atoms with E-state index >= 15 is 0 Å². The molecule has 6 nitrogen and oxygen atoms in total. The van der Waals surface area contributed by atoms with Crippen molar-refractivity contribution in [2.45, 2.75) is 58.8 Å². The Morgan fingerprint density at radius 3 is 1.00 bits per heavy atom. The predicted octanol–water partition coefficient (Wildman–Crippen LogP) is 2.15. The van der Waals surface area contributed by atoms with E-state index in [-0.39, 0.29) is 23.6 Å². The number of nitrogens with one attached hydrogen (secondary N) is 2. The van der Waals surface area contributed by atoms with Crippen molar-refractivity contribution in [2.75, 3.05) is 0 Å². The van der Waals surface area contributed by atoms with Crippen LogP contribution in [0.25, 0.3) is 0 Å². The lowest BCUT2D eigenvalue weighted by Gasteiger charge is -1.96. The van der Waals surface area contributed by atoms with Gasteiger partial charge in [-0.25, -0.2) is 0 Å². The summed E-state index contributed by atoms with van der Waals surface area (Å²) < 4.78 is 0. The molecular weight excluding hydrogens is 296 g/mol. The summed E-state index contributed by atoms with van der Waals surface area (Å²) in [5, 5.41) is 4.06. The summed E-state index contributed by atoms with van der Waals surface area (Å²) in [5.41, 5.74) is 0. The van der Waals surface area contributed by atoms with Crippen molar-refractivity contribution < 1.29 is 19.2 Å². The maximum Gasteiger partial charge on any atom is 0.250 e. The second-order valence-corrected chi connectivity index (χ2v) is 5.14. The molecule has 0 radical (unpaired) electrons. The van der Waals surface area contributed by atoms with E-state index in [0.717, 1.165) is 0 Å². The summed E-state index contributed by atoms with van der Waals surface area (Å²) in [7, 11) is 0. The van der Waals surface area contributed by atoms with Gasteiger partial charge < -0.3 is 0 Å². The Balaban J connectivity index is 0.000000318. The highest BCUT2D eigenvalue weighted by molar-refractivity contribution is 6.13. The third kappa shape index (κ3) is 13.2. The quantitative estimate of drug-likeness (QED) is 0.579. The van der Waals surface area contributed by atoms with Crippen LogP contribution in [0.4, 0.5) is 0 Å². The van der Waals surface area contributed by atoms with Crippen LogP contribution in [-0.4, -0.2) is 23.6 Å². The van der Waals surface area contributed by atoms with Gasteiger partial charge in [-0.15, -0.1) is 0 Å². The Labute approximate surface area is 137 Å². The summed E-state index contributed by atoms with van der Waals surface area (Å²) in [6, 6.07) is 0. The molecule has 0 saturated heterocycles. The SMILES string of the molecule is CCCCCCCCC.O=C1C=CC(=O)N1.O=C1C=CC(=O)N1. The number of unbranched alkanes of at least 4 members (excludes halogenated alkanes) is 6. The Morgan fingerprint density at radius 1 is 0.565 bits per heavy atom. The highest BCUT2D eigenvalue weighted by Crippen LogP contribution is 2.05. The van der Waals surface area contributed by atoms with Crippen LogP contribution in [-0.2, 0) is 19.2 Å². The van der Waals surface area contributed by atoms with Crippen molar-refractivity contribution in [3.05, 3.63) is 24.3 Å². The molecule has 2 aliphatic heterocycles. The fourth-order valence-electron chi connectivity index (χ4n) is 1.74. The molecule has 0 unspecified atom stereocenters. The van der Waals surface area contributed by atoms with Gasteiger partial charge in [-0.2, -0.15) is 0 Å². The van der Waals surface area contributed by atoms with E-state index in [2.05, 4.69) is 13.8 Å². The van der Waals surface area contributed by atoms with Gasteiger partial charge in [-0.1, -0.05) is 58.8 Å². The molecule has 2 rings (SSSR count). The standard InChI is InChI=1S/C9H20.2C4H3NO2/c1-3-5-7-9-8-6-4-2;2*6-3-1-2-4(7)5-3/h3-9H2,1-2H3;2*1-2H,(H,5,6,7). The first-order valence-corrected chi connectivity index (χ1v) is 8.05. The van der Waals surface area contributed by atoms with E-state index in [9.17, 15) is 19.2 Å². The van der Waals surface area contributed by atoms with Gasteiger partial charge in [0.1, 0.15) is 0 Å². The Hall–Kier alpha value is -2.24. The predicted molar refractivity (Wildman–Crippen MR) is 88.2 cm³/mol. The summed E-state index contributed by atoms with van der Waals surface area (Å²) in [5.74, 6) is -1.31. The fourth-order valence-corrected chi connectivity index (χ4v) is 1.74. The van der Waals surface area contributed by atoms with E-state index in [1.807, 2.05) is 10.6 Å². The Morgan fingerprint density at radius 2 is 0.826 bits per heavy atom. The van der Waals surface area contributed by atoms with Gasteiger partial charge in [0.05, 0.1) is 0 Å². The molecule has 23 heavy (non-hydrogen) atoms. The van der Waals surface area contributed by atoms with E-state index < -0.39 is 0 Å². The van der Waals surface area contributed by atoms with Crippen molar-refractivity contribution >= 4 is 23.6 Å². The first kappa shape index (κ1) is 20.8. The topological polar surface area (TPSA) is 92.3 Å². The summed E-state index contributed by atoms with van der Waals surface area (Å²) in [6.45, 7) is 4.53. The molecule has 0 fully saturated rings. The van der Waals surface area contributed by atoms with Gasteiger partial charge in [0.15, 0.2) is 0 Å². The highest BCUT2D eigenvalue weighted by atomic mass is 16.2. The number of hydrogen-bond donors (Lipinski definition) is 2. The van der Waals surface area contributed by atoms with Crippen LogP contribution < -0.4 is 10.6 Å². The van der Waals surface area contributed by atoms with Crippen molar-refractivity contribution in [3.8, 4) is 0 Å². The van der Waals surface area contributed by atoms with E-state index in [1.165, 1.54) is 69.2 Å². The van der Waals surface area contributed by atoms with Crippen molar-refractivity contribution in [1.29, 1.82) is 0 Å². The summed E-state index contributed by atoms with van der Waals surface area (Å²) in [6.07, 6.45) is 14.8. The molecule has 0 aromatic heterocycles. The van der Waals surface area contributed by atoms with Crippen molar-refractivity contribution in [1.82, 2.24) is 10.6 Å². The average Bonchev–Trinajstić information content (AvgIpc) is 3.07. The number of carbonyl (C=O) groups excluding carboxylic acids is 4. The fraction of sp³-hybridized carbons (Fsp3) is 0.529. The van der Waals surface area contributed by atoms with Crippen LogP contribution in [0.2, 0.25) is 0 Å². The largest absolute Gasteiger partial charge is 0.289 e. The van der Waals surface area contributed by atoms with Crippen molar-refractivity contribution in [2.24, 2.45) is 0 Å². The molecule has 128 valence electrons. The molecule has 4 amide bonds. The number of hydrogen-bond acceptors (Lipinski definition) is 4. The van der Waals surface area contributed by atoms with Gasteiger partial charge >= 0.3 is 0 Å². The second-order valence-electron chi connectivity index (χ2n) is 5.14. The van der Waals surface area contributed by atoms with E-state index in [0.29, 0.717) is 0 Å². The van der Waals surface area contributed by atoms with Crippen LogP contribution in [0.5, 0.6) is 0 Å². The minimum Gasteiger partial charge on any atom is -0.289 e. The monoisotopic (exact) mass is 322 g/mol. The lowest BCUT2D eigenvalue weighted by Crippen LogP contribution is -2.19. The first-order chi connectivity index (χ1) is 11.0. The number of carbonyl (C=O) groups is 4. The minimum atomic E-state index is -0.329. The molecule has 0 bridgehead atoms. The number of rotatable bonds is 6. The zero-order valence-corrected chi connectivity index (χ0v) is 13.9. The molecule has 0 spiro atoms. The third-order valence-electron chi connectivity index (χ3n) is 2.97. The third-order valence-corrected chi connectivity index (χ3v) is 2.97. The number of amides is 4. The molecule has 0 saturated carbocycles. The molecule has 0 aromatic rings. The smallest absolute Gasteiger partial charge is 0.250 e. The first-order valence-electron chi connectivity index (χ1n) is 8.05. The molecule has 2 aliphatic rings. The van der Waals surface area contributed by atoms with E-state index in [4.69, 9.17) is 0 Å². The molecule has 0 aliphatic carbocycles. The van der Waals surface area contributed by atoms with Gasteiger partial charge in [-0.05, 0) is 0 Å². The van der Waals surface area contributed by atoms with Gasteiger partial charge in [-0.3, -0.25) is 29.8 Å². The summed E-state index contributed by atoms with van der Waals surface area (Å²) in [4.78, 5) is 40.1.